The summed E-state index contributed by atoms with van der Waals surface area (Å²) in [6.07, 6.45) is 0.363. The van der Waals surface area contributed by atoms with Crippen molar-refractivity contribution in [3.8, 4) is 0 Å². The molecule has 3 rings (SSSR count). The molecule has 0 bridgehead atoms. The van der Waals surface area contributed by atoms with Crippen LogP contribution in [0.15, 0.2) is 23.0 Å². The highest BCUT2D eigenvalue weighted by Gasteiger charge is 2.40. The number of nitrogens with zero attached hydrogens (tertiary/aromatic N) is 2. The molecule has 1 aromatic heterocycles. The Morgan fingerprint density at radius 1 is 0.969 bits per heavy atom. The zero-order valence-corrected chi connectivity index (χ0v) is 17.4. The van der Waals surface area contributed by atoms with Crippen LogP contribution in [0.1, 0.15) is 37.7 Å². The Bertz CT molecular complexity index is 689. The second-order valence-corrected chi connectivity index (χ2v) is 7.62. The lowest BCUT2D eigenvalue weighted by atomic mass is 9.79. The molecule has 0 amide bonds. The van der Waals surface area contributed by atoms with Crippen LogP contribution in [0.25, 0.3) is 0 Å². The average Bonchev–Trinajstić information content (AvgIpc) is 3.19. The molecule has 2 fully saturated rings. The van der Waals surface area contributed by atoms with Crippen molar-refractivity contribution in [2.75, 3.05) is 26.7 Å². The molecule has 0 atom stereocenters. The van der Waals surface area contributed by atoms with Gasteiger partial charge in [0.15, 0.2) is 0 Å². The van der Waals surface area contributed by atoms with Gasteiger partial charge in [0.25, 0.3) is 0 Å². The number of likely N-dealkylation sites (tertiary alicyclic amines) is 2. The summed E-state index contributed by atoms with van der Waals surface area (Å²) in [5.74, 6) is -5.51. The molecular weight excluding hydrogens is 450 g/mol. The second-order valence-electron chi connectivity index (χ2n) is 7.62. The molecule has 184 valence electrons. The van der Waals surface area contributed by atoms with E-state index in [4.69, 9.17) is 24.2 Å². The molecule has 1 aromatic rings. The number of alkyl halides is 6. The molecule has 2 aliphatic rings. The van der Waals surface area contributed by atoms with Gasteiger partial charge in [-0.1, -0.05) is 6.42 Å². The number of piperidine rings is 2. The lowest BCUT2D eigenvalue weighted by Gasteiger charge is -2.50. The van der Waals surface area contributed by atoms with Crippen molar-refractivity contribution in [3.63, 3.8) is 0 Å². The molecule has 1 spiro atoms. The van der Waals surface area contributed by atoms with Crippen LogP contribution in [0.4, 0.5) is 26.3 Å². The summed E-state index contributed by atoms with van der Waals surface area (Å²) in [6, 6.07) is 2.08. The van der Waals surface area contributed by atoms with Gasteiger partial charge in [0.05, 0.1) is 12.5 Å². The van der Waals surface area contributed by atoms with Gasteiger partial charge < -0.3 is 19.5 Å². The number of carboxylic acids is 2. The summed E-state index contributed by atoms with van der Waals surface area (Å²) < 4.78 is 68.6. The summed E-state index contributed by atoms with van der Waals surface area (Å²) in [5, 5.41) is 14.2. The normalized spacial score (nSPS) is 19.3. The van der Waals surface area contributed by atoms with Crippen molar-refractivity contribution < 1.29 is 50.6 Å². The fourth-order valence-corrected chi connectivity index (χ4v) is 3.63. The number of hydrogen-bond donors (Lipinski definition) is 2. The standard InChI is InChI=1S/C15H24N2O.2C2HF3O2/c1-16-8-3-2-5-15(16)6-9-17(10-7-15)12-14-4-11-18-13-14;2*3-2(4,5)1(6)7/h4,11,13H,2-3,5-10,12H2,1H3;2*(H,6,7). The topological polar surface area (TPSA) is 94.2 Å². The summed E-state index contributed by atoms with van der Waals surface area (Å²) in [4.78, 5) is 23.0. The average molecular weight is 476 g/mol. The lowest BCUT2D eigenvalue weighted by molar-refractivity contribution is -0.193. The van der Waals surface area contributed by atoms with Gasteiger partial charge in [0, 0.05) is 30.7 Å². The number of carbonyl (C=O) groups is 2. The number of aliphatic carboxylic acids is 2. The number of hydrogen-bond acceptors (Lipinski definition) is 5. The molecule has 2 aliphatic heterocycles. The van der Waals surface area contributed by atoms with Crippen LogP contribution in [-0.2, 0) is 16.1 Å². The fraction of sp³-hybridized carbons (Fsp3) is 0.684. The predicted octanol–water partition coefficient (Wildman–Crippen LogP) is 4.00. The predicted molar refractivity (Wildman–Crippen MR) is 99.8 cm³/mol. The fourth-order valence-electron chi connectivity index (χ4n) is 3.63. The monoisotopic (exact) mass is 476 g/mol. The van der Waals surface area contributed by atoms with Crippen LogP contribution in [0, 0.1) is 0 Å². The van der Waals surface area contributed by atoms with E-state index in [2.05, 4.69) is 22.9 Å². The maximum absolute atomic E-state index is 10.6. The van der Waals surface area contributed by atoms with E-state index in [1.54, 1.807) is 6.26 Å². The molecule has 32 heavy (non-hydrogen) atoms. The van der Waals surface area contributed by atoms with Crippen LogP contribution in [0.5, 0.6) is 0 Å². The van der Waals surface area contributed by atoms with Crippen LogP contribution in [0.3, 0.4) is 0 Å². The van der Waals surface area contributed by atoms with Gasteiger partial charge in [0.1, 0.15) is 0 Å². The number of halogens is 6. The number of furan rings is 1. The molecule has 0 aromatic carbocycles. The first-order valence-corrected chi connectivity index (χ1v) is 9.72. The SMILES string of the molecule is CN1CCCCC12CCN(Cc1ccoc1)CC2.O=C(O)C(F)(F)F.O=C(O)C(F)(F)F. The third-order valence-corrected chi connectivity index (χ3v) is 5.45. The van der Waals surface area contributed by atoms with Crippen molar-refractivity contribution in [1.82, 2.24) is 9.80 Å². The van der Waals surface area contributed by atoms with E-state index < -0.39 is 24.3 Å². The minimum Gasteiger partial charge on any atom is -0.475 e. The van der Waals surface area contributed by atoms with Gasteiger partial charge in [-0.25, -0.2) is 9.59 Å². The minimum atomic E-state index is -5.08. The van der Waals surface area contributed by atoms with E-state index in [0.29, 0.717) is 5.54 Å². The Labute approximate surface area is 180 Å². The Morgan fingerprint density at radius 2 is 1.47 bits per heavy atom. The van der Waals surface area contributed by atoms with Crippen molar-refractivity contribution >= 4 is 11.9 Å². The third kappa shape index (κ3) is 9.07. The molecule has 0 radical (unpaired) electrons. The van der Waals surface area contributed by atoms with Crippen LogP contribution >= 0.6 is 0 Å². The van der Waals surface area contributed by atoms with E-state index >= 15 is 0 Å². The molecular formula is C19H26F6N2O5. The quantitative estimate of drug-likeness (QED) is 0.624. The van der Waals surface area contributed by atoms with Crippen molar-refractivity contribution in [1.29, 1.82) is 0 Å². The first kappa shape index (κ1) is 27.8. The van der Waals surface area contributed by atoms with E-state index in [1.165, 1.54) is 57.3 Å². The highest BCUT2D eigenvalue weighted by Crippen LogP contribution is 2.36. The molecule has 0 unspecified atom stereocenters. The Balaban J connectivity index is 0.000000305. The summed E-state index contributed by atoms with van der Waals surface area (Å²) in [7, 11) is 2.32. The second kappa shape index (κ2) is 11.5. The Morgan fingerprint density at radius 3 is 1.84 bits per heavy atom. The van der Waals surface area contributed by atoms with Crippen molar-refractivity contribution in [3.05, 3.63) is 24.2 Å². The number of rotatable bonds is 2. The molecule has 0 aliphatic carbocycles. The molecule has 7 nitrogen and oxygen atoms in total. The zero-order valence-electron chi connectivity index (χ0n) is 17.4. The van der Waals surface area contributed by atoms with Crippen LogP contribution in [-0.4, -0.2) is 76.5 Å². The summed E-state index contributed by atoms with van der Waals surface area (Å²) in [6.45, 7) is 4.81. The van der Waals surface area contributed by atoms with E-state index in [9.17, 15) is 26.3 Å². The first-order chi connectivity index (χ1) is 14.7. The summed E-state index contributed by atoms with van der Waals surface area (Å²) >= 11 is 0. The van der Waals surface area contributed by atoms with Crippen LogP contribution in [0.2, 0.25) is 0 Å². The first-order valence-electron chi connectivity index (χ1n) is 9.72. The maximum Gasteiger partial charge on any atom is 0.490 e. The van der Waals surface area contributed by atoms with E-state index in [-0.39, 0.29) is 0 Å². The van der Waals surface area contributed by atoms with Gasteiger partial charge in [0.2, 0.25) is 0 Å². The van der Waals surface area contributed by atoms with Gasteiger partial charge in [-0.05, 0) is 45.3 Å². The van der Waals surface area contributed by atoms with Crippen molar-refractivity contribution in [2.45, 2.75) is 56.5 Å². The maximum atomic E-state index is 10.6. The van der Waals surface area contributed by atoms with Crippen molar-refractivity contribution in [2.24, 2.45) is 0 Å². The highest BCUT2D eigenvalue weighted by molar-refractivity contribution is 5.73. The zero-order chi connectivity index (χ0) is 24.6. The molecule has 3 heterocycles. The van der Waals surface area contributed by atoms with Crippen LogP contribution < -0.4 is 0 Å². The lowest BCUT2D eigenvalue weighted by Crippen LogP contribution is -2.55. The summed E-state index contributed by atoms with van der Waals surface area (Å²) in [5.41, 5.74) is 1.83. The van der Waals surface area contributed by atoms with Gasteiger partial charge in [-0.3, -0.25) is 4.90 Å². The van der Waals surface area contributed by atoms with Gasteiger partial charge >= 0.3 is 24.3 Å². The van der Waals surface area contributed by atoms with Gasteiger partial charge in [-0.15, -0.1) is 0 Å². The molecule has 13 heteroatoms. The number of carboxylic acid groups (broad SMARTS) is 2. The smallest absolute Gasteiger partial charge is 0.475 e. The van der Waals surface area contributed by atoms with Gasteiger partial charge in [-0.2, -0.15) is 26.3 Å². The molecule has 2 N–H and O–H groups in total. The molecule has 2 saturated heterocycles. The molecule has 0 saturated carbocycles. The van der Waals surface area contributed by atoms with E-state index in [1.807, 2.05) is 6.26 Å². The Kier molecular flexibility index (Phi) is 10.0. The highest BCUT2D eigenvalue weighted by atomic mass is 19.4. The largest absolute Gasteiger partial charge is 0.490 e. The minimum absolute atomic E-state index is 0.519. The Hall–Kier alpha value is -2.28. The van der Waals surface area contributed by atoms with E-state index in [0.717, 1.165) is 6.54 Å². The third-order valence-electron chi connectivity index (χ3n) is 5.45.